The van der Waals surface area contributed by atoms with Gasteiger partial charge in [-0.2, -0.15) is 0 Å². The molecule has 0 saturated carbocycles. The minimum atomic E-state index is -0.583. The second-order valence-electron chi connectivity index (χ2n) is 5.52. The number of carbonyl (C=O) groups excluding carboxylic acids is 2. The Morgan fingerprint density at radius 3 is 2.17 bits per heavy atom. The van der Waals surface area contributed by atoms with E-state index < -0.39 is 6.10 Å². The van der Waals surface area contributed by atoms with Crippen molar-refractivity contribution in [3.63, 3.8) is 0 Å². The lowest BCUT2D eigenvalue weighted by molar-refractivity contribution is -0.121. The summed E-state index contributed by atoms with van der Waals surface area (Å²) in [5, 5.41) is 11.7. The minimum absolute atomic E-state index is 0.0585. The molecule has 4 nitrogen and oxygen atoms in total. The number of aliphatic hydroxyl groups excluding tert-OH is 1. The van der Waals surface area contributed by atoms with Gasteiger partial charge in [0.2, 0.25) is 5.91 Å². The summed E-state index contributed by atoms with van der Waals surface area (Å²) in [4.78, 5) is 23.7. The number of rotatable bonds is 7. The maximum Gasteiger partial charge on any atom is 0.220 e. The SMILES string of the molecule is CC(O)CNC(=O)CCC(=O)c1ccc(-c2ccccc2)cc1. The van der Waals surface area contributed by atoms with Crippen molar-refractivity contribution in [3.8, 4) is 11.1 Å². The van der Waals surface area contributed by atoms with Crippen molar-refractivity contribution in [1.82, 2.24) is 5.32 Å². The summed E-state index contributed by atoms with van der Waals surface area (Å²) in [6.45, 7) is 1.80. The average Bonchev–Trinajstić information content (AvgIpc) is 2.58. The highest BCUT2D eigenvalue weighted by molar-refractivity contribution is 5.98. The summed E-state index contributed by atoms with van der Waals surface area (Å²) in [6, 6.07) is 17.3. The number of carbonyl (C=O) groups is 2. The molecule has 2 rings (SSSR count). The van der Waals surface area contributed by atoms with Crippen LogP contribution in [0.5, 0.6) is 0 Å². The Kier molecular flexibility index (Phi) is 6.06. The van der Waals surface area contributed by atoms with Crippen molar-refractivity contribution in [2.75, 3.05) is 6.54 Å². The molecule has 0 spiro atoms. The molecule has 0 aromatic heterocycles. The second kappa shape index (κ2) is 8.25. The van der Waals surface area contributed by atoms with Gasteiger partial charge in [0, 0.05) is 24.9 Å². The zero-order valence-electron chi connectivity index (χ0n) is 13.2. The quantitative estimate of drug-likeness (QED) is 0.773. The van der Waals surface area contributed by atoms with E-state index in [1.165, 1.54) is 0 Å². The van der Waals surface area contributed by atoms with Gasteiger partial charge in [0.15, 0.2) is 5.78 Å². The van der Waals surface area contributed by atoms with Crippen LogP contribution in [-0.2, 0) is 4.79 Å². The fraction of sp³-hybridized carbons (Fsp3) is 0.263. The van der Waals surface area contributed by atoms with Crippen LogP contribution >= 0.6 is 0 Å². The van der Waals surface area contributed by atoms with Gasteiger partial charge in [-0.1, -0.05) is 54.6 Å². The maximum absolute atomic E-state index is 12.1. The lowest BCUT2D eigenvalue weighted by Crippen LogP contribution is -2.30. The summed E-state index contributed by atoms with van der Waals surface area (Å²) in [6.07, 6.45) is -0.289. The molecular weight excluding hydrogens is 290 g/mol. The van der Waals surface area contributed by atoms with Gasteiger partial charge in [-0.25, -0.2) is 0 Å². The van der Waals surface area contributed by atoms with E-state index >= 15 is 0 Å². The van der Waals surface area contributed by atoms with Gasteiger partial charge >= 0.3 is 0 Å². The van der Waals surface area contributed by atoms with Crippen LogP contribution in [-0.4, -0.2) is 29.4 Å². The van der Waals surface area contributed by atoms with Gasteiger partial charge < -0.3 is 10.4 Å². The average molecular weight is 311 g/mol. The zero-order chi connectivity index (χ0) is 16.7. The fourth-order valence-electron chi connectivity index (χ4n) is 2.20. The Morgan fingerprint density at radius 2 is 1.57 bits per heavy atom. The zero-order valence-corrected chi connectivity index (χ0v) is 13.2. The summed E-state index contributed by atoms with van der Waals surface area (Å²) < 4.78 is 0. The van der Waals surface area contributed by atoms with E-state index in [9.17, 15) is 9.59 Å². The van der Waals surface area contributed by atoms with E-state index in [1.807, 2.05) is 42.5 Å². The number of hydrogen-bond acceptors (Lipinski definition) is 3. The molecule has 120 valence electrons. The molecule has 1 atom stereocenters. The first kappa shape index (κ1) is 16.9. The molecule has 0 heterocycles. The smallest absolute Gasteiger partial charge is 0.220 e. The van der Waals surface area contributed by atoms with Crippen LogP contribution in [0.2, 0.25) is 0 Å². The number of benzene rings is 2. The molecule has 1 unspecified atom stereocenters. The first-order valence-electron chi connectivity index (χ1n) is 7.69. The standard InChI is InChI=1S/C19H21NO3/c1-14(21)13-20-19(23)12-11-18(22)17-9-7-16(8-10-17)15-5-3-2-4-6-15/h2-10,14,21H,11-13H2,1H3,(H,20,23). The Morgan fingerprint density at radius 1 is 0.957 bits per heavy atom. The molecule has 0 saturated heterocycles. The van der Waals surface area contributed by atoms with Crippen LogP contribution in [0.25, 0.3) is 11.1 Å². The molecule has 1 amide bonds. The van der Waals surface area contributed by atoms with E-state index in [0.717, 1.165) is 11.1 Å². The third-order valence-electron chi connectivity index (χ3n) is 3.49. The summed E-state index contributed by atoms with van der Waals surface area (Å²) in [5.41, 5.74) is 2.76. The van der Waals surface area contributed by atoms with Crippen LogP contribution in [0.3, 0.4) is 0 Å². The predicted octanol–water partition coefficient (Wildman–Crippen LogP) is 2.81. The molecule has 2 aromatic rings. The molecule has 0 aliphatic carbocycles. The van der Waals surface area contributed by atoms with Crippen LogP contribution in [0.4, 0.5) is 0 Å². The van der Waals surface area contributed by atoms with Crippen molar-refractivity contribution in [2.45, 2.75) is 25.9 Å². The third-order valence-corrected chi connectivity index (χ3v) is 3.49. The van der Waals surface area contributed by atoms with Gasteiger partial charge in [-0.3, -0.25) is 9.59 Å². The molecule has 0 bridgehead atoms. The highest BCUT2D eigenvalue weighted by atomic mass is 16.3. The maximum atomic E-state index is 12.1. The monoisotopic (exact) mass is 311 g/mol. The van der Waals surface area contributed by atoms with Gasteiger partial charge in [-0.05, 0) is 18.1 Å². The molecule has 0 aliphatic rings. The summed E-state index contributed by atoms with van der Waals surface area (Å²) in [7, 11) is 0. The van der Waals surface area contributed by atoms with E-state index in [0.29, 0.717) is 5.56 Å². The van der Waals surface area contributed by atoms with Crippen molar-refractivity contribution in [1.29, 1.82) is 0 Å². The minimum Gasteiger partial charge on any atom is -0.392 e. The Balaban J connectivity index is 1.89. The number of ketones is 1. The van der Waals surface area contributed by atoms with Gasteiger partial charge in [0.1, 0.15) is 0 Å². The summed E-state index contributed by atoms with van der Waals surface area (Å²) >= 11 is 0. The topological polar surface area (TPSA) is 66.4 Å². The highest BCUT2D eigenvalue weighted by Gasteiger charge is 2.10. The lowest BCUT2D eigenvalue weighted by Gasteiger charge is -2.07. The van der Waals surface area contributed by atoms with Crippen LogP contribution < -0.4 is 5.32 Å². The molecule has 4 heteroatoms. The van der Waals surface area contributed by atoms with E-state index in [2.05, 4.69) is 5.32 Å². The van der Waals surface area contributed by atoms with Crippen molar-refractivity contribution in [3.05, 3.63) is 60.2 Å². The van der Waals surface area contributed by atoms with Crippen molar-refractivity contribution >= 4 is 11.7 Å². The Labute approximate surface area is 136 Å². The predicted molar refractivity (Wildman–Crippen MR) is 90.1 cm³/mol. The van der Waals surface area contributed by atoms with Crippen LogP contribution in [0.15, 0.2) is 54.6 Å². The molecule has 2 aromatic carbocycles. The number of aliphatic hydroxyl groups is 1. The number of nitrogens with one attached hydrogen (secondary N) is 1. The number of hydrogen-bond donors (Lipinski definition) is 2. The van der Waals surface area contributed by atoms with E-state index in [1.54, 1.807) is 19.1 Å². The van der Waals surface area contributed by atoms with Gasteiger partial charge in [-0.15, -0.1) is 0 Å². The molecule has 23 heavy (non-hydrogen) atoms. The van der Waals surface area contributed by atoms with Crippen molar-refractivity contribution in [2.24, 2.45) is 0 Å². The summed E-state index contributed by atoms with van der Waals surface area (Å²) in [5.74, 6) is -0.281. The van der Waals surface area contributed by atoms with E-state index in [-0.39, 0.29) is 31.1 Å². The Hall–Kier alpha value is -2.46. The number of amides is 1. The van der Waals surface area contributed by atoms with Gasteiger partial charge in [0.05, 0.1) is 6.10 Å². The highest BCUT2D eigenvalue weighted by Crippen LogP contribution is 2.19. The van der Waals surface area contributed by atoms with Gasteiger partial charge in [0.25, 0.3) is 0 Å². The first-order valence-corrected chi connectivity index (χ1v) is 7.69. The lowest BCUT2D eigenvalue weighted by atomic mass is 10.0. The normalized spacial score (nSPS) is 11.7. The molecule has 0 fully saturated rings. The first-order chi connectivity index (χ1) is 11.1. The van der Waals surface area contributed by atoms with Crippen molar-refractivity contribution < 1.29 is 14.7 Å². The largest absolute Gasteiger partial charge is 0.392 e. The van der Waals surface area contributed by atoms with E-state index in [4.69, 9.17) is 5.11 Å². The Bertz CT molecular complexity index is 648. The number of Topliss-reactive ketones (excluding diaryl/α,β-unsaturated/α-hetero) is 1. The molecule has 0 radical (unpaired) electrons. The fourth-order valence-corrected chi connectivity index (χ4v) is 2.20. The van der Waals surface area contributed by atoms with Crippen LogP contribution in [0, 0.1) is 0 Å². The molecule has 0 aliphatic heterocycles. The molecular formula is C19H21NO3. The second-order valence-corrected chi connectivity index (χ2v) is 5.52. The van der Waals surface area contributed by atoms with Crippen LogP contribution in [0.1, 0.15) is 30.1 Å². The molecule has 2 N–H and O–H groups in total. The third kappa shape index (κ3) is 5.34.